The van der Waals surface area contributed by atoms with Crippen molar-refractivity contribution in [2.75, 3.05) is 0 Å². The quantitative estimate of drug-likeness (QED) is 0.528. The molecule has 0 radical (unpaired) electrons. The van der Waals surface area contributed by atoms with Gasteiger partial charge in [0.2, 0.25) is 0 Å². The highest BCUT2D eigenvalue weighted by Gasteiger charge is 2.32. The number of hydrogen-bond acceptors (Lipinski definition) is 3. The molecule has 0 N–H and O–H groups in total. The molecule has 18 heavy (non-hydrogen) atoms. The Hall–Kier alpha value is -1.64. The van der Waals surface area contributed by atoms with Gasteiger partial charge in [-0.25, -0.2) is 4.79 Å². The van der Waals surface area contributed by atoms with Crippen LogP contribution in [0.4, 0.5) is 0 Å². The lowest BCUT2D eigenvalue weighted by atomic mass is 9.88. The molecule has 0 amide bonds. The summed E-state index contributed by atoms with van der Waals surface area (Å²) >= 11 is 0. The second-order valence-corrected chi connectivity index (χ2v) is 5.06. The Bertz CT molecular complexity index is 468. The zero-order valence-electron chi connectivity index (χ0n) is 10.9. The van der Waals surface area contributed by atoms with E-state index in [9.17, 15) is 9.59 Å². The Morgan fingerprint density at radius 1 is 1.39 bits per heavy atom. The first-order chi connectivity index (χ1) is 8.49. The lowest BCUT2D eigenvalue weighted by Gasteiger charge is -2.20. The third-order valence-corrected chi connectivity index (χ3v) is 3.64. The smallest absolute Gasteiger partial charge is 0.334 e. The SMILES string of the molecule is C=C(C)[C@@H]1C/C=C(\C)C(=O)CCC2=C[C@@H]1OC2=O. The highest BCUT2D eigenvalue weighted by molar-refractivity contribution is 5.97. The van der Waals surface area contributed by atoms with Crippen LogP contribution in [0, 0.1) is 5.92 Å². The average molecular weight is 246 g/mol. The van der Waals surface area contributed by atoms with E-state index in [-0.39, 0.29) is 23.8 Å². The van der Waals surface area contributed by atoms with Crippen LogP contribution in [-0.4, -0.2) is 17.9 Å². The molecule has 0 unspecified atom stereocenters. The number of ketones is 1. The van der Waals surface area contributed by atoms with Gasteiger partial charge < -0.3 is 4.74 Å². The molecule has 0 saturated heterocycles. The first-order valence-corrected chi connectivity index (χ1v) is 6.26. The molecule has 96 valence electrons. The normalized spacial score (nSPS) is 31.2. The van der Waals surface area contributed by atoms with E-state index in [1.54, 1.807) is 0 Å². The molecule has 3 nitrogen and oxygen atoms in total. The van der Waals surface area contributed by atoms with E-state index in [1.165, 1.54) is 0 Å². The number of carbonyl (C=O) groups is 2. The Labute approximate surface area is 107 Å². The van der Waals surface area contributed by atoms with Gasteiger partial charge in [0, 0.05) is 17.9 Å². The summed E-state index contributed by atoms with van der Waals surface area (Å²) in [5, 5.41) is 0. The van der Waals surface area contributed by atoms with E-state index in [2.05, 4.69) is 6.58 Å². The third-order valence-electron chi connectivity index (χ3n) is 3.64. The van der Waals surface area contributed by atoms with Crippen LogP contribution in [0.25, 0.3) is 0 Å². The molecule has 0 saturated carbocycles. The minimum absolute atomic E-state index is 0.0623. The van der Waals surface area contributed by atoms with Gasteiger partial charge in [-0.3, -0.25) is 4.79 Å². The fourth-order valence-electron chi connectivity index (χ4n) is 2.36. The number of esters is 1. The number of carbonyl (C=O) groups excluding carboxylic acids is 2. The van der Waals surface area contributed by atoms with Crippen LogP contribution in [0.5, 0.6) is 0 Å². The fraction of sp³-hybridized carbons (Fsp3) is 0.467. The van der Waals surface area contributed by atoms with E-state index in [0.29, 0.717) is 24.8 Å². The topological polar surface area (TPSA) is 43.4 Å². The molecule has 0 fully saturated rings. The molecule has 2 aliphatic rings. The number of hydrogen-bond donors (Lipinski definition) is 0. The molecule has 1 aliphatic carbocycles. The summed E-state index contributed by atoms with van der Waals surface area (Å²) in [5.74, 6) is -0.111. The number of Topliss-reactive ketones (excluding diaryl/α,β-unsaturated/α-hetero) is 1. The van der Waals surface area contributed by atoms with Gasteiger partial charge in [-0.2, -0.15) is 0 Å². The number of allylic oxidation sites excluding steroid dienone is 2. The minimum atomic E-state index is -0.279. The van der Waals surface area contributed by atoms with Crippen LogP contribution < -0.4 is 0 Å². The highest BCUT2D eigenvalue weighted by Crippen LogP contribution is 2.31. The van der Waals surface area contributed by atoms with E-state index >= 15 is 0 Å². The average Bonchev–Trinajstić information content (AvgIpc) is 2.66. The van der Waals surface area contributed by atoms with Crippen molar-refractivity contribution in [3.05, 3.63) is 35.5 Å². The van der Waals surface area contributed by atoms with Crippen LogP contribution in [0.3, 0.4) is 0 Å². The maximum Gasteiger partial charge on any atom is 0.334 e. The van der Waals surface area contributed by atoms with Crippen molar-refractivity contribution in [1.29, 1.82) is 0 Å². The van der Waals surface area contributed by atoms with Gasteiger partial charge in [0.1, 0.15) is 6.10 Å². The third kappa shape index (κ3) is 2.45. The number of ether oxygens (including phenoxy) is 1. The minimum Gasteiger partial charge on any atom is -0.454 e. The van der Waals surface area contributed by atoms with E-state index in [0.717, 1.165) is 11.1 Å². The standard InChI is InChI=1S/C15H18O3/c1-9(2)12-6-4-10(3)13(16)7-5-11-8-14(12)18-15(11)17/h4,8,12,14H,1,5-7H2,2-3H3/b10-4+/t12-,14-/m0/s1. The van der Waals surface area contributed by atoms with E-state index in [4.69, 9.17) is 4.74 Å². The summed E-state index contributed by atoms with van der Waals surface area (Å²) in [6, 6.07) is 0. The van der Waals surface area contributed by atoms with E-state index < -0.39 is 0 Å². The van der Waals surface area contributed by atoms with Gasteiger partial charge in [0.15, 0.2) is 5.78 Å². The first kappa shape index (κ1) is 12.8. The summed E-state index contributed by atoms with van der Waals surface area (Å²) in [6.07, 6.45) is 5.13. The largest absolute Gasteiger partial charge is 0.454 e. The predicted molar refractivity (Wildman–Crippen MR) is 68.9 cm³/mol. The van der Waals surface area contributed by atoms with Crippen LogP contribution >= 0.6 is 0 Å². The predicted octanol–water partition coefficient (Wildman–Crippen LogP) is 2.73. The van der Waals surface area contributed by atoms with Crippen molar-refractivity contribution >= 4 is 11.8 Å². The first-order valence-electron chi connectivity index (χ1n) is 6.26. The fourth-order valence-corrected chi connectivity index (χ4v) is 2.36. The molecular formula is C15H18O3. The van der Waals surface area contributed by atoms with Gasteiger partial charge in [-0.05, 0) is 38.3 Å². The zero-order valence-corrected chi connectivity index (χ0v) is 10.9. The number of rotatable bonds is 1. The molecule has 2 rings (SSSR count). The molecule has 2 bridgehead atoms. The summed E-state index contributed by atoms with van der Waals surface area (Å²) in [4.78, 5) is 23.5. The zero-order chi connectivity index (χ0) is 13.3. The Morgan fingerprint density at radius 3 is 2.78 bits per heavy atom. The summed E-state index contributed by atoms with van der Waals surface area (Å²) in [6.45, 7) is 7.72. The van der Waals surface area contributed by atoms with Crippen LogP contribution in [-0.2, 0) is 14.3 Å². The number of fused-ring (bicyclic) bond motifs is 1. The maximum atomic E-state index is 11.8. The van der Waals surface area contributed by atoms with Gasteiger partial charge >= 0.3 is 5.97 Å². The van der Waals surface area contributed by atoms with Crippen LogP contribution in [0.1, 0.15) is 33.1 Å². The summed E-state index contributed by atoms with van der Waals surface area (Å²) < 4.78 is 5.37. The van der Waals surface area contributed by atoms with Crippen molar-refractivity contribution < 1.29 is 14.3 Å². The van der Waals surface area contributed by atoms with Crippen LogP contribution in [0.15, 0.2) is 35.5 Å². The Kier molecular flexibility index (Phi) is 3.50. The molecule has 2 atom stereocenters. The van der Waals surface area contributed by atoms with Gasteiger partial charge in [0.25, 0.3) is 0 Å². The second-order valence-electron chi connectivity index (χ2n) is 5.06. The lowest BCUT2D eigenvalue weighted by molar-refractivity contribution is -0.141. The van der Waals surface area contributed by atoms with Crippen molar-refractivity contribution in [2.45, 2.75) is 39.2 Å². The Morgan fingerprint density at radius 2 is 2.11 bits per heavy atom. The van der Waals surface area contributed by atoms with Gasteiger partial charge in [-0.15, -0.1) is 0 Å². The van der Waals surface area contributed by atoms with Crippen molar-refractivity contribution in [2.24, 2.45) is 5.92 Å². The van der Waals surface area contributed by atoms with Gasteiger partial charge in [-0.1, -0.05) is 18.2 Å². The molecular weight excluding hydrogens is 228 g/mol. The molecule has 1 heterocycles. The van der Waals surface area contributed by atoms with Crippen LogP contribution in [0.2, 0.25) is 0 Å². The molecule has 1 aliphatic heterocycles. The van der Waals surface area contributed by atoms with Gasteiger partial charge in [0.05, 0.1) is 0 Å². The molecule has 0 spiro atoms. The van der Waals surface area contributed by atoms with Crippen molar-refractivity contribution in [3.8, 4) is 0 Å². The monoisotopic (exact) mass is 246 g/mol. The Balaban J connectivity index is 2.32. The van der Waals surface area contributed by atoms with E-state index in [1.807, 2.05) is 26.0 Å². The summed E-state index contributed by atoms with van der Waals surface area (Å²) in [5.41, 5.74) is 2.38. The second kappa shape index (κ2) is 4.92. The maximum absolute atomic E-state index is 11.8. The van der Waals surface area contributed by atoms with Crippen molar-refractivity contribution in [1.82, 2.24) is 0 Å². The molecule has 0 aromatic heterocycles. The lowest BCUT2D eigenvalue weighted by Crippen LogP contribution is -2.21. The highest BCUT2D eigenvalue weighted by atomic mass is 16.5. The molecule has 0 aromatic carbocycles. The molecule has 0 aromatic rings. The summed E-state index contributed by atoms with van der Waals surface area (Å²) in [7, 11) is 0. The van der Waals surface area contributed by atoms with Crippen molar-refractivity contribution in [3.63, 3.8) is 0 Å². The molecule has 3 heteroatoms.